The summed E-state index contributed by atoms with van der Waals surface area (Å²) >= 11 is 0. The van der Waals surface area contributed by atoms with Crippen LogP contribution < -0.4 is 5.56 Å². The standard InChI is InChI=1S/C20H16N4O3/c1-13-18-17(12-21-22(2)20(18)25)19(14-6-4-3-5-7-14)23(13)15-8-10-16(11-9-15)24(26)27/h3-12H,1-2H3. The minimum atomic E-state index is -0.430. The Bertz CT molecular complexity index is 1220. The Labute approximate surface area is 154 Å². The molecule has 7 nitrogen and oxygen atoms in total. The Hall–Kier alpha value is -3.74. The summed E-state index contributed by atoms with van der Waals surface area (Å²) in [5, 5.41) is 16.5. The molecule has 0 atom stereocenters. The Morgan fingerprint density at radius 1 is 1.04 bits per heavy atom. The molecule has 2 heterocycles. The van der Waals surface area contributed by atoms with Gasteiger partial charge in [-0.15, -0.1) is 0 Å². The SMILES string of the molecule is Cc1c2c(=O)n(C)ncc2c(-c2ccccc2)n1-c1ccc([N+](=O)[O-])cc1. The van der Waals surface area contributed by atoms with Crippen LogP contribution >= 0.6 is 0 Å². The Kier molecular flexibility index (Phi) is 3.84. The highest BCUT2D eigenvalue weighted by Gasteiger charge is 2.20. The first-order chi connectivity index (χ1) is 13.0. The molecule has 4 rings (SSSR count). The molecule has 0 saturated carbocycles. The van der Waals surface area contributed by atoms with E-state index in [1.807, 2.05) is 41.8 Å². The lowest BCUT2D eigenvalue weighted by atomic mass is 10.1. The van der Waals surface area contributed by atoms with Gasteiger partial charge in [0.25, 0.3) is 11.2 Å². The van der Waals surface area contributed by atoms with Crippen LogP contribution in [-0.2, 0) is 7.05 Å². The molecular weight excluding hydrogens is 344 g/mol. The Morgan fingerprint density at radius 3 is 2.33 bits per heavy atom. The molecule has 0 saturated heterocycles. The molecule has 0 unspecified atom stereocenters. The zero-order chi connectivity index (χ0) is 19.1. The fourth-order valence-electron chi connectivity index (χ4n) is 3.39. The third kappa shape index (κ3) is 2.60. The van der Waals surface area contributed by atoms with Gasteiger partial charge in [-0.2, -0.15) is 5.10 Å². The van der Waals surface area contributed by atoms with Gasteiger partial charge in [-0.3, -0.25) is 14.9 Å². The zero-order valence-electron chi connectivity index (χ0n) is 14.8. The van der Waals surface area contributed by atoms with Gasteiger partial charge in [-0.1, -0.05) is 30.3 Å². The fourth-order valence-corrected chi connectivity index (χ4v) is 3.39. The number of rotatable bonds is 3. The Balaban J connectivity index is 2.10. The molecule has 0 spiro atoms. The summed E-state index contributed by atoms with van der Waals surface area (Å²) in [7, 11) is 1.62. The summed E-state index contributed by atoms with van der Waals surface area (Å²) in [6.07, 6.45) is 1.69. The third-order valence-corrected chi connectivity index (χ3v) is 4.68. The number of hydrogen-bond acceptors (Lipinski definition) is 4. The van der Waals surface area contributed by atoms with E-state index in [9.17, 15) is 14.9 Å². The van der Waals surface area contributed by atoms with Crippen LogP contribution in [0, 0.1) is 17.0 Å². The first-order valence-corrected chi connectivity index (χ1v) is 8.36. The highest BCUT2D eigenvalue weighted by molar-refractivity contribution is 5.98. The van der Waals surface area contributed by atoms with E-state index >= 15 is 0 Å². The largest absolute Gasteiger partial charge is 0.312 e. The number of nitro groups is 1. The van der Waals surface area contributed by atoms with E-state index < -0.39 is 4.92 Å². The molecule has 0 aliphatic rings. The predicted molar refractivity (Wildman–Crippen MR) is 103 cm³/mol. The summed E-state index contributed by atoms with van der Waals surface area (Å²) in [5.41, 5.74) is 3.12. The number of hydrogen-bond donors (Lipinski definition) is 0. The first-order valence-electron chi connectivity index (χ1n) is 8.36. The maximum absolute atomic E-state index is 12.7. The number of benzene rings is 2. The van der Waals surface area contributed by atoms with Gasteiger partial charge in [-0.05, 0) is 24.6 Å². The van der Waals surface area contributed by atoms with Crippen molar-refractivity contribution >= 4 is 16.5 Å². The van der Waals surface area contributed by atoms with Gasteiger partial charge in [-0.25, -0.2) is 4.68 Å². The van der Waals surface area contributed by atoms with Crippen LogP contribution in [0.25, 0.3) is 27.7 Å². The molecule has 0 aliphatic heterocycles. The van der Waals surface area contributed by atoms with Crippen LogP contribution in [0.2, 0.25) is 0 Å². The number of non-ortho nitro benzene ring substituents is 1. The average Bonchev–Trinajstić information content (AvgIpc) is 2.98. The molecule has 0 radical (unpaired) electrons. The van der Waals surface area contributed by atoms with Gasteiger partial charge in [0.05, 0.1) is 22.2 Å². The van der Waals surface area contributed by atoms with E-state index in [0.717, 1.165) is 28.0 Å². The maximum atomic E-state index is 12.7. The summed E-state index contributed by atoms with van der Waals surface area (Å²) in [5.74, 6) is 0. The predicted octanol–water partition coefficient (Wildman–Crippen LogP) is 3.61. The zero-order valence-corrected chi connectivity index (χ0v) is 14.8. The third-order valence-electron chi connectivity index (χ3n) is 4.68. The number of nitro benzene ring substituents is 1. The number of nitrogens with zero attached hydrogens (tertiary/aromatic N) is 4. The lowest BCUT2D eigenvalue weighted by Crippen LogP contribution is -2.19. The topological polar surface area (TPSA) is 83.0 Å². The van der Waals surface area contributed by atoms with Gasteiger partial charge in [0, 0.05) is 35.9 Å². The van der Waals surface area contributed by atoms with Crippen LogP contribution in [-0.4, -0.2) is 19.3 Å². The van der Waals surface area contributed by atoms with Gasteiger partial charge in [0.1, 0.15) is 0 Å². The minimum absolute atomic E-state index is 0.0203. The molecule has 0 aliphatic carbocycles. The van der Waals surface area contributed by atoms with Crippen molar-refractivity contribution in [3.05, 3.63) is 87.0 Å². The smallest absolute Gasteiger partial charge is 0.276 e. The Morgan fingerprint density at radius 2 is 1.70 bits per heavy atom. The number of aromatic nitrogens is 3. The summed E-state index contributed by atoms with van der Waals surface area (Å²) in [6.45, 7) is 1.87. The van der Waals surface area contributed by atoms with Crippen LogP contribution in [0.1, 0.15) is 5.69 Å². The van der Waals surface area contributed by atoms with Crippen molar-refractivity contribution in [1.29, 1.82) is 0 Å². The van der Waals surface area contributed by atoms with Crippen molar-refractivity contribution in [3.8, 4) is 16.9 Å². The normalized spacial score (nSPS) is 11.0. The van der Waals surface area contributed by atoms with E-state index in [-0.39, 0.29) is 11.2 Å². The minimum Gasteiger partial charge on any atom is -0.312 e. The second-order valence-corrected chi connectivity index (χ2v) is 6.27. The van der Waals surface area contributed by atoms with Crippen molar-refractivity contribution in [2.75, 3.05) is 0 Å². The lowest BCUT2D eigenvalue weighted by Gasteiger charge is -2.12. The van der Waals surface area contributed by atoms with Crippen LogP contribution in [0.5, 0.6) is 0 Å². The summed E-state index contributed by atoms with van der Waals surface area (Å²) in [6, 6.07) is 16.0. The molecule has 7 heteroatoms. The van der Waals surface area contributed by atoms with Gasteiger partial charge in [0.15, 0.2) is 0 Å². The average molecular weight is 360 g/mol. The molecule has 0 fully saturated rings. The van der Waals surface area contributed by atoms with Crippen LogP contribution in [0.4, 0.5) is 5.69 Å². The maximum Gasteiger partial charge on any atom is 0.276 e. The van der Waals surface area contributed by atoms with Crippen molar-refractivity contribution in [2.45, 2.75) is 6.92 Å². The molecule has 27 heavy (non-hydrogen) atoms. The van der Waals surface area contributed by atoms with Crippen LogP contribution in [0.15, 0.2) is 65.6 Å². The van der Waals surface area contributed by atoms with E-state index in [4.69, 9.17) is 0 Å². The molecule has 2 aromatic heterocycles. The monoisotopic (exact) mass is 360 g/mol. The second-order valence-electron chi connectivity index (χ2n) is 6.27. The summed E-state index contributed by atoms with van der Waals surface area (Å²) in [4.78, 5) is 23.3. The van der Waals surface area contributed by atoms with E-state index in [1.54, 1.807) is 25.4 Å². The molecule has 0 N–H and O–H groups in total. The molecular formula is C20H16N4O3. The van der Waals surface area contributed by atoms with E-state index in [2.05, 4.69) is 5.10 Å². The highest BCUT2D eigenvalue weighted by Crippen LogP contribution is 2.34. The number of aryl methyl sites for hydroxylation is 2. The van der Waals surface area contributed by atoms with Gasteiger partial charge >= 0.3 is 0 Å². The molecule has 2 aromatic carbocycles. The number of fused-ring (bicyclic) bond motifs is 1. The van der Waals surface area contributed by atoms with Crippen molar-refractivity contribution < 1.29 is 4.92 Å². The van der Waals surface area contributed by atoms with Crippen molar-refractivity contribution in [2.24, 2.45) is 7.05 Å². The lowest BCUT2D eigenvalue weighted by molar-refractivity contribution is -0.384. The molecule has 134 valence electrons. The van der Waals surface area contributed by atoms with E-state index in [0.29, 0.717) is 5.39 Å². The fraction of sp³-hybridized carbons (Fsp3) is 0.100. The molecule has 0 amide bonds. The van der Waals surface area contributed by atoms with Crippen molar-refractivity contribution in [1.82, 2.24) is 14.3 Å². The van der Waals surface area contributed by atoms with E-state index in [1.165, 1.54) is 16.8 Å². The highest BCUT2D eigenvalue weighted by atomic mass is 16.6. The first kappa shape index (κ1) is 16.7. The van der Waals surface area contributed by atoms with Crippen LogP contribution in [0.3, 0.4) is 0 Å². The van der Waals surface area contributed by atoms with Gasteiger partial charge < -0.3 is 4.57 Å². The second kappa shape index (κ2) is 6.21. The molecule has 0 bridgehead atoms. The quantitative estimate of drug-likeness (QED) is 0.413. The molecule has 4 aromatic rings. The van der Waals surface area contributed by atoms with Gasteiger partial charge in [0.2, 0.25) is 0 Å². The summed E-state index contributed by atoms with van der Waals surface area (Å²) < 4.78 is 3.26. The van der Waals surface area contributed by atoms with Crippen molar-refractivity contribution in [3.63, 3.8) is 0 Å².